The van der Waals surface area contributed by atoms with Crippen LogP contribution in [-0.2, 0) is 6.54 Å². The monoisotopic (exact) mass is 289 g/mol. The summed E-state index contributed by atoms with van der Waals surface area (Å²) in [6.45, 7) is 3.14. The fraction of sp³-hybridized carbons (Fsp3) is 0.529. The van der Waals surface area contributed by atoms with Gasteiger partial charge in [-0.25, -0.2) is 0 Å². The molecule has 1 aliphatic heterocycles. The van der Waals surface area contributed by atoms with Gasteiger partial charge in [-0.15, -0.1) is 0 Å². The van der Waals surface area contributed by atoms with E-state index in [2.05, 4.69) is 22.8 Å². The van der Waals surface area contributed by atoms with Gasteiger partial charge < -0.3 is 14.9 Å². The first kappa shape index (κ1) is 15.8. The van der Waals surface area contributed by atoms with E-state index in [9.17, 15) is 0 Å². The summed E-state index contributed by atoms with van der Waals surface area (Å²) in [7, 11) is 1.62. The molecule has 4 nitrogen and oxygen atoms in total. The maximum Gasteiger partial charge on any atom is 0.134 e. The van der Waals surface area contributed by atoms with Crippen molar-refractivity contribution in [1.29, 1.82) is 0 Å². The van der Waals surface area contributed by atoms with Crippen LogP contribution in [0.15, 0.2) is 18.2 Å². The van der Waals surface area contributed by atoms with Crippen LogP contribution in [0.1, 0.15) is 24.0 Å². The summed E-state index contributed by atoms with van der Waals surface area (Å²) in [4.78, 5) is 2.41. The molecule has 1 heterocycles. The van der Waals surface area contributed by atoms with Crippen LogP contribution < -0.4 is 4.74 Å². The van der Waals surface area contributed by atoms with Crippen molar-refractivity contribution in [2.45, 2.75) is 19.4 Å². The van der Waals surface area contributed by atoms with Crippen molar-refractivity contribution in [3.63, 3.8) is 0 Å². The summed E-state index contributed by atoms with van der Waals surface area (Å²) in [6, 6.07) is 6.02. The van der Waals surface area contributed by atoms with E-state index in [1.807, 2.05) is 12.1 Å². The summed E-state index contributed by atoms with van der Waals surface area (Å²) >= 11 is 0. The van der Waals surface area contributed by atoms with Crippen molar-refractivity contribution in [2.24, 2.45) is 5.92 Å². The molecule has 0 amide bonds. The van der Waals surface area contributed by atoms with Gasteiger partial charge in [0.15, 0.2) is 0 Å². The van der Waals surface area contributed by atoms with Gasteiger partial charge >= 0.3 is 0 Å². The Morgan fingerprint density at radius 1 is 1.38 bits per heavy atom. The van der Waals surface area contributed by atoms with E-state index in [-0.39, 0.29) is 13.2 Å². The second-order valence-electron chi connectivity index (χ2n) is 5.40. The highest BCUT2D eigenvalue weighted by Crippen LogP contribution is 2.24. The minimum atomic E-state index is -0.150. The van der Waals surface area contributed by atoms with Gasteiger partial charge in [-0.2, -0.15) is 0 Å². The topological polar surface area (TPSA) is 52.9 Å². The van der Waals surface area contributed by atoms with Crippen LogP contribution in [0, 0.1) is 17.8 Å². The molecule has 0 radical (unpaired) electrons. The minimum absolute atomic E-state index is 0.150. The van der Waals surface area contributed by atoms with Gasteiger partial charge in [0.1, 0.15) is 12.4 Å². The molecule has 1 aromatic carbocycles. The fourth-order valence-electron chi connectivity index (χ4n) is 2.82. The van der Waals surface area contributed by atoms with E-state index in [0.717, 1.165) is 43.8 Å². The van der Waals surface area contributed by atoms with Gasteiger partial charge in [-0.3, -0.25) is 4.90 Å². The number of benzene rings is 1. The van der Waals surface area contributed by atoms with Crippen molar-refractivity contribution in [2.75, 3.05) is 33.4 Å². The van der Waals surface area contributed by atoms with Crippen LogP contribution in [0.3, 0.4) is 0 Å². The van der Waals surface area contributed by atoms with E-state index >= 15 is 0 Å². The summed E-state index contributed by atoms with van der Waals surface area (Å²) in [5.74, 6) is 6.95. The molecular formula is C17H23NO3. The van der Waals surface area contributed by atoms with Crippen molar-refractivity contribution >= 4 is 0 Å². The molecule has 0 aromatic heterocycles. The summed E-state index contributed by atoms with van der Waals surface area (Å²) in [5.41, 5.74) is 2.01. The Morgan fingerprint density at radius 3 is 2.95 bits per heavy atom. The maximum absolute atomic E-state index is 9.01. The van der Waals surface area contributed by atoms with E-state index < -0.39 is 0 Å². The van der Waals surface area contributed by atoms with Crippen LogP contribution >= 0.6 is 0 Å². The number of methoxy groups -OCH3 is 1. The standard InChI is InChI=1S/C17H23NO3/c1-21-17-5-4-15(11-16(17)3-2-9-19)13-18-8-6-14(12-18)7-10-20/h4-5,11,14,19-20H,6-10,12-13H2,1H3. The van der Waals surface area contributed by atoms with Crippen LogP contribution in [0.4, 0.5) is 0 Å². The first-order valence-corrected chi connectivity index (χ1v) is 7.36. The molecule has 2 N–H and O–H groups in total. The lowest BCUT2D eigenvalue weighted by atomic mass is 10.1. The molecule has 2 rings (SSSR count). The minimum Gasteiger partial charge on any atom is -0.495 e. The molecule has 0 aliphatic carbocycles. The van der Waals surface area contributed by atoms with Crippen molar-refractivity contribution < 1.29 is 14.9 Å². The highest BCUT2D eigenvalue weighted by molar-refractivity contribution is 5.48. The molecule has 0 spiro atoms. The van der Waals surface area contributed by atoms with Crippen LogP contribution in [0.25, 0.3) is 0 Å². The van der Waals surface area contributed by atoms with E-state index in [0.29, 0.717) is 5.92 Å². The van der Waals surface area contributed by atoms with Crippen molar-refractivity contribution in [3.05, 3.63) is 29.3 Å². The second kappa shape index (κ2) is 8.04. The quantitative estimate of drug-likeness (QED) is 0.801. The number of hydrogen-bond donors (Lipinski definition) is 2. The van der Waals surface area contributed by atoms with E-state index in [4.69, 9.17) is 14.9 Å². The maximum atomic E-state index is 9.01. The molecule has 1 unspecified atom stereocenters. The Bertz CT molecular complexity index is 519. The molecule has 0 saturated carbocycles. The molecule has 21 heavy (non-hydrogen) atoms. The average molecular weight is 289 g/mol. The van der Waals surface area contributed by atoms with E-state index in [1.54, 1.807) is 7.11 Å². The third-order valence-corrected chi connectivity index (χ3v) is 3.88. The lowest BCUT2D eigenvalue weighted by Gasteiger charge is -2.16. The second-order valence-corrected chi connectivity index (χ2v) is 5.40. The third kappa shape index (κ3) is 4.47. The first-order chi connectivity index (χ1) is 10.3. The lowest BCUT2D eigenvalue weighted by molar-refractivity contribution is 0.249. The Labute approximate surface area is 126 Å². The van der Waals surface area contributed by atoms with Gasteiger partial charge in [0, 0.05) is 19.7 Å². The molecule has 1 aliphatic rings. The van der Waals surface area contributed by atoms with Gasteiger partial charge in [0.2, 0.25) is 0 Å². The predicted octanol–water partition coefficient (Wildman–Crippen LogP) is 1.24. The number of aliphatic hydroxyl groups is 2. The summed E-state index contributed by atoms with van der Waals surface area (Å²) < 4.78 is 5.29. The average Bonchev–Trinajstić information content (AvgIpc) is 2.93. The molecular weight excluding hydrogens is 266 g/mol. The SMILES string of the molecule is COc1ccc(CN2CCC(CCO)C2)cc1C#CCO. The number of rotatable bonds is 5. The van der Waals surface area contributed by atoms with Crippen molar-refractivity contribution in [3.8, 4) is 17.6 Å². The summed E-state index contributed by atoms with van der Waals surface area (Å²) in [6.07, 6.45) is 2.06. The first-order valence-electron chi connectivity index (χ1n) is 7.36. The number of nitrogens with zero attached hydrogens (tertiary/aromatic N) is 1. The Hall–Kier alpha value is -1.54. The highest BCUT2D eigenvalue weighted by Gasteiger charge is 2.21. The number of likely N-dealkylation sites (tertiary alicyclic amines) is 1. The largest absolute Gasteiger partial charge is 0.495 e. The Morgan fingerprint density at radius 2 is 2.24 bits per heavy atom. The van der Waals surface area contributed by atoms with Gasteiger partial charge in [-0.1, -0.05) is 17.9 Å². The zero-order chi connectivity index (χ0) is 15.1. The molecule has 1 fully saturated rings. The van der Waals surface area contributed by atoms with Gasteiger partial charge in [0.05, 0.1) is 12.7 Å². The third-order valence-electron chi connectivity index (χ3n) is 3.88. The predicted molar refractivity (Wildman–Crippen MR) is 82.0 cm³/mol. The molecule has 0 bridgehead atoms. The van der Waals surface area contributed by atoms with Crippen LogP contribution in [-0.4, -0.2) is 48.5 Å². The van der Waals surface area contributed by atoms with Crippen molar-refractivity contribution in [1.82, 2.24) is 4.90 Å². The zero-order valence-corrected chi connectivity index (χ0v) is 12.5. The molecule has 1 aromatic rings. The Kier molecular flexibility index (Phi) is 6.06. The Balaban J connectivity index is 2.04. The number of ether oxygens (including phenoxy) is 1. The van der Waals surface area contributed by atoms with Crippen LogP contribution in [0.2, 0.25) is 0 Å². The molecule has 4 heteroatoms. The zero-order valence-electron chi connectivity index (χ0n) is 12.5. The van der Waals surface area contributed by atoms with Gasteiger partial charge in [-0.05, 0) is 43.0 Å². The molecule has 114 valence electrons. The smallest absolute Gasteiger partial charge is 0.134 e. The summed E-state index contributed by atoms with van der Waals surface area (Å²) in [5, 5.41) is 17.8. The normalized spacial score (nSPS) is 18.3. The molecule has 1 atom stereocenters. The highest BCUT2D eigenvalue weighted by atomic mass is 16.5. The number of aliphatic hydroxyl groups excluding tert-OH is 2. The molecule has 1 saturated heterocycles. The number of hydrogen-bond acceptors (Lipinski definition) is 4. The fourth-order valence-corrected chi connectivity index (χ4v) is 2.82. The van der Waals surface area contributed by atoms with E-state index in [1.165, 1.54) is 5.56 Å². The van der Waals surface area contributed by atoms with Crippen LogP contribution in [0.5, 0.6) is 5.75 Å². The van der Waals surface area contributed by atoms with Gasteiger partial charge in [0.25, 0.3) is 0 Å². The lowest BCUT2D eigenvalue weighted by Crippen LogP contribution is -2.20.